The number of fused-ring (bicyclic) bond motifs is 1. The first kappa shape index (κ1) is 20.3. The molecular weight excluding hydrogens is 394 g/mol. The zero-order valence-corrected chi connectivity index (χ0v) is 15.6. The van der Waals surface area contributed by atoms with E-state index in [2.05, 4.69) is 20.4 Å². The summed E-state index contributed by atoms with van der Waals surface area (Å²) in [6, 6.07) is 8.75. The minimum absolute atomic E-state index is 0.0595. The second-order valence-electron chi connectivity index (χ2n) is 6.20. The molecule has 1 unspecified atom stereocenters. The standard InChI is InChI=1S/C18H15N7O5/c1-10-4-2-3-5-12(10)22-18(26)16(23-19)17(25(29)30)15-9-20-13-7-6-11(24(27)28)8-14(13)21-15/h2-9,17H,19H2,1H3,(H,22,26). The van der Waals surface area contributed by atoms with Gasteiger partial charge in [-0.2, -0.15) is 5.10 Å². The van der Waals surface area contributed by atoms with E-state index in [0.717, 1.165) is 17.8 Å². The highest BCUT2D eigenvalue weighted by molar-refractivity contribution is 6.44. The van der Waals surface area contributed by atoms with Crippen molar-refractivity contribution in [2.75, 3.05) is 5.32 Å². The lowest BCUT2D eigenvalue weighted by molar-refractivity contribution is -0.509. The van der Waals surface area contributed by atoms with Crippen LogP contribution in [0.3, 0.4) is 0 Å². The molecule has 3 rings (SSSR count). The summed E-state index contributed by atoms with van der Waals surface area (Å²) in [4.78, 5) is 42.1. The number of hydrazone groups is 1. The molecule has 3 aromatic rings. The number of para-hydroxylation sites is 1. The molecule has 0 aliphatic rings. The first-order valence-electron chi connectivity index (χ1n) is 8.51. The Morgan fingerprint density at radius 2 is 1.90 bits per heavy atom. The Bertz CT molecular complexity index is 1190. The third-order valence-corrected chi connectivity index (χ3v) is 4.27. The third kappa shape index (κ3) is 4.01. The molecule has 1 atom stereocenters. The summed E-state index contributed by atoms with van der Waals surface area (Å²) in [5.41, 5.74) is 0.436. The first-order valence-corrected chi connectivity index (χ1v) is 8.51. The number of hydrogen-bond donors (Lipinski definition) is 2. The molecule has 0 saturated heterocycles. The van der Waals surface area contributed by atoms with E-state index in [1.165, 1.54) is 12.1 Å². The van der Waals surface area contributed by atoms with Crippen molar-refractivity contribution in [3.05, 3.63) is 80.1 Å². The molecule has 0 fully saturated rings. The van der Waals surface area contributed by atoms with Gasteiger partial charge in [0.15, 0.2) is 0 Å². The molecule has 30 heavy (non-hydrogen) atoms. The van der Waals surface area contributed by atoms with Crippen LogP contribution in [0.5, 0.6) is 0 Å². The van der Waals surface area contributed by atoms with Crippen molar-refractivity contribution >= 4 is 34.0 Å². The summed E-state index contributed by atoms with van der Waals surface area (Å²) in [5, 5.41) is 28.6. The lowest BCUT2D eigenvalue weighted by Gasteiger charge is -2.13. The molecule has 3 N–H and O–H groups in total. The SMILES string of the molecule is Cc1ccccc1NC(=O)C(=NN)C(c1cnc2ccc([N+](=O)[O-])cc2n1)[N+](=O)[O-]. The van der Waals surface area contributed by atoms with Crippen LogP contribution in [-0.4, -0.2) is 31.4 Å². The predicted octanol–water partition coefficient (Wildman–Crippen LogP) is 2.12. The average Bonchev–Trinajstić information content (AvgIpc) is 2.72. The molecule has 12 nitrogen and oxygen atoms in total. The van der Waals surface area contributed by atoms with Crippen molar-refractivity contribution < 1.29 is 14.6 Å². The van der Waals surface area contributed by atoms with Gasteiger partial charge in [-0.15, -0.1) is 0 Å². The van der Waals surface area contributed by atoms with Crippen molar-refractivity contribution in [2.45, 2.75) is 13.0 Å². The molecule has 0 bridgehead atoms. The quantitative estimate of drug-likeness (QED) is 0.269. The minimum Gasteiger partial charge on any atom is -0.323 e. The lowest BCUT2D eigenvalue weighted by atomic mass is 10.1. The van der Waals surface area contributed by atoms with Crippen LogP contribution in [0.2, 0.25) is 0 Å². The summed E-state index contributed by atoms with van der Waals surface area (Å²) < 4.78 is 0. The minimum atomic E-state index is -1.82. The van der Waals surface area contributed by atoms with E-state index in [-0.39, 0.29) is 16.9 Å². The Labute approximate surface area is 168 Å². The molecule has 1 aromatic heterocycles. The number of hydrogen-bond acceptors (Lipinski definition) is 9. The maximum atomic E-state index is 12.7. The van der Waals surface area contributed by atoms with Crippen LogP contribution in [0.25, 0.3) is 11.0 Å². The fourth-order valence-electron chi connectivity index (χ4n) is 2.76. The van der Waals surface area contributed by atoms with Crippen LogP contribution in [-0.2, 0) is 4.79 Å². The topological polar surface area (TPSA) is 180 Å². The van der Waals surface area contributed by atoms with Gasteiger partial charge in [-0.3, -0.25) is 30.0 Å². The monoisotopic (exact) mass is 409 g/mol. The van der Waals surface area contributed by atoms with E-state index < -0.39 is 27.5 Å². The number of benzene rings is 2. The number of aromatic nitrogens is 2. The van der Waals surface area contributed by atoms with Crippen LogP contribution in [0.1, 0.15) is 17.3 Å². The zero-order chi connectivity index (χ0) is 21.8. The number of nitrogens with one attached hydrogen (secondary N) is 1. The summed E-state index contributed by atoms with van der Waals surface area (Å²) >= 11 is 0. The summed E-state index contributed by atoms with van der Waals surface area (Å²) in [7, 11) is 0. The summed E-state index contributed by atoms with van der Waals surface area (Å²) in [6.07, 6.45) is 1.11. The van der Waals surface area contributed by atoms with Crippen LogP contribution in [0.15, 0.2) is 53.8 Å². The highest BCUT2D eigenvalue weighted by Gasteiger charge is 2.37. The van der Waals surface area contributed by atoms with Gasteiger partial charge in [-0.1, -0.05) is 18.2 Å². The molecule has 12 heteroatoms. The fraction of sp³-hybridized carbons (Fsp3) is 0.111. The van der Waals surface area contributed by atoms with Crippen molar-refractivity contribution in [3.8, 4) is 0 Å². The van der Waals surface area contributed by atoms with E-state index in [4.69, 9.17) is 5.84 Å². The molecule has 1 amide bonds. The predicted molar refractivity (Wildman–Crippen MR) is 107 cm³/mol. The van der Waals surface area contributed by atoms with E-state index in [1.54, 1.807) is 31.2 Å². The molecule has 1 heterocycles. The molecule has 2 aromatic carbocycles. The van der Waals surface area contributed by atoms with E-state index in [9.17, 15) is 25.0 Å². The molecule has 0 saturated carbocycles. The Morgan fingerprint density at radius 3 is 2.53 bits per heavy atom. The van der Waals surface area contributed by atoms with Gasteiger partial charge in [-0.05, 0) is 24.6 Å². The number of carbonyl (C=O) groups is 1. The Balaban J connectivity index is 2.01. The Kier molecular flexibility index (Phi) is 5.58. The van der Waals surface area contributed by atoms with Crippen LogP contribution >= 0.6 is 0 Å². The molecular formula is C18H15N7O5. The lowest BCUT2D eigenvalue weighted by Crippen LogP contribution is -2.34. The van der Waals surface area contributed by atoms with Crippen molar-refractivity contribution in [3.63, 3.8) is 0 Å². The van der Waals surface area contributed by atoms with Gasteiger partial charge in [0.25, 0.3) is 11.6 Å². The highest BCUT2D eigenvalue weighted by Crippen LogP contribution is 2.23. The van der Waals surface area contributed by atoms with Gasteiger partial charge >= 0.3 is 6.04 Å². The number of nitro benzene ring substituents is 1. The highest BCUT2D eigenvalue weighted by atomic mass is 16.6. The summed E-state index contributed by atoms with van der Waals surface area (Å²) in [5.74, 6) is 4.42. The molecule has 0 aliphatic carbocycles. The third-order valence-electron chi connectivity index (χ3n) is 4.27. The maximum Gasteiger partial charge on any atom is 0.304 e. The van der Waals surface area contributed by atoms with Gasteiger partial charge < -0.3 is 11.2 Å². The van der Waals surface area contributed by atoms with Crippen LogP contribution in [0.4, 0.5) is 11.4 Å². The smallest absolute Gasteiger partial charge is 0.304 e. The Hall–Kier alpha value is -4.48. The maximum absolute atomic E-state index is 12.7. The number of nitrogens with zero attached hydrogens (tertiary/aromatic N) is 5. The first-order chi connectivity index (χ1) is 14.3. The Morgan fingerprint density at radius 1 is 1.17 bits per heavy atom. The van der Waals surface area contributed by atoms with Crippen LogP contribution < -0.4 is 11.2 Å². The van der Waals surface area contributed by atoms with Crippen molar-refractivity contribution in [2.24, 2.45) is 10.9 Å². The number of aryl methyl sites for hydroxylation is 1. The molecule has 0 radical (unpaired) electrons. The second kappa shape index (κ2) is 8.26. The van der Waals surface area contributed by atoms with Gasteiger partial charge in [0.1, 0.15) is 5.69 Å². The largest absolute Gasteiger partial charge is 0.323 e. The van der Waals surface area contributed by atoms with E-state index >= 15 is 0 Å². The number of amides is 1. The number of rotatable bonds is 6. The average molecular weight is 409 g/mol. The zero-order valence-electron chi connectivity index (χ0n) is 15.6. The number of nitrogens with two attached hydrogens (primary N) is 1. The molecule has 0 aliphatic heterocycles. The second-order valence-corrected chi connectivity index (χ2v) is 6.20. The van der Waals surface area contributed by atoms with Crippen molar-refractivity contribution in [1.29, 1.82) is 0 Å². The summed E-state index contributed by atoms with van der Waals surface area (Å²) in [6.45, 7) is 1.75. The van der Waals surface area contributed by atoms with Crippen LogP contribution in [0, 0.1) is 27.2 Å². The van der Waals surface area contributed by atoms with E-state index in [1.807, 2.05) is 0 Å². The molecule has 0 spiro atoms. The van der Waals surface area contributed by atoms with E-state index in [0.29, 0.717) is 11.2 Å². The molecule has 152 valence electrons. The number of nitro groups is 2. The van der Waals surface area contributed by atoms with Crippen molar-refractivity contribution in [1.82, 2.24) is 9.97 Å². The van der Waals surface area contributed by atoms with Gasteiger partial charge in [0.05, 0.1) is 22.2 Å². The normalized spacial score (nSPS) is 12.4. The number of non-ortho nitro benzene ring substituents is 1. The van der Waals surface area contributed by atoms with Gasteiger partial charge in [0.2, 0.25) is 5.71 Å². The van der Waals surface area contributed by atoms with Gasteiger partial charge in [0, 0.05) is 22.7 Å². The number of anilines is 1. The fourth-order valence-corrected chi connectivity index (χ4v) is 2.76. The number of carbonyl (C=O) groups excluding carboxylic acids is 1. The van der Waals surface area contributed by atoms with Gasteiger partial charge in [-0.25, -0.2) is 4.98 Å².